The zero-order valence-electron chi connectivity index (χ0n) is 13.4. The number of benzene rings is 2. The van der Waals surface area contributed by atoms with E-state index in [4.69, 9.17) is 4.74 Å². The smallest absolute Gasteiger partial charge is 0.125 e. The molecule has 112 valence electrons. The Kier molecular flexibility index (Phi) is 5.40. The number of aryl methyl sites for hydroxylation is 3. The van der Waals surface area contributed by atoms with Crippen LogP contribution in [-0.2, 0) is 6.42 Å². The van der Waals surface area contributed by atoms with Crippen molar-refractivity contribution in [1.29, 1.82) is 0 Å². The molecule has 2 heteroatoms. The maximum atomic E-state index is 6.07. The lowest BCUT2D eigenvalue weighted by Crippen LogP contribution is -2.23. The summed E-state index contributed by atoms with van der Waals surface area (Å²) in [5, 5.41) is 3.34. The molecular formula is C19H25NO. The van der Waals surface area contributed by atoms with E-state index in [0.717, 1.165) is 12.2 Å². The highest BCUT2D eigenvalue weighted by atomic mass is 16.5. The van der Waals surface area contributed by atoms with E-state index in [1.807, 2.05) is 7.05 Å². The van der Waals surface area contributed by atoms with Crippen LogP contribution in [0.15, 0.2) is 42.5 Å². The molecule has 1 unspecified atom stereocenters. The van der Waals surface area contributed by atoms with Gasteiger partial charge in [-0.15, -0.1) is 0 Å². The predicted octanol–water partition coefficient (Wildman–Crippen LogP) is 4.21. The Hall–Kier alpha value is -1.80. The Balaban J connectivity index is 2.08. The van der Waals surface area contributed by atoms with Crippen molar-refractivity contribution in [3.63, 3.8) is 0 Å². The highest BCUT2D eigenvalue weighted by molar-refractivity contribution is 5.39. The van der Waals surface area contributed by atoms with Gasteiger partial charge >= 0.3 is 0 Å². The summed E-state index contributed by atoms with van der Waals surface area (Å²) in [6.07, 6.45) is 1.07. The number of hydrogen-bond donors (Lipinski definition) is 1. The van der Waals surface area contributed by atoms with Gasteiger partial charge < -0.3 is 10.1 Å². The molecule has 0 amide bonds. The summed E-state index contributed by atoms with van der Waals surface area (Å²) in [5.74, 6) is 1.00. The summed E-state index contributed by atoms with van der Waals surface area (Å²) >= 11 is 0. The second-order valence-electron chi connectivity index (χ2n) is 5.47. The Morgan fingerprint density at radius 1 is 1.00 bits per heavy atom. The first kappa shape index (κ1) is 15.6. The molecule has 0 heterocycles. The van der Waals surface area contributed by atoms with Crippen molar-refractivity contribution in [2.24, 2.45) is 0 Å². The molecule has 0 bridgehead atoms. The third-order valence-electron chi connectivity index (χ3n) is 3.94. The van der Waals surface area contributed by atoms with E-state index in [2.05, 4.69) is 68.6 Å². The van der Waals surface area contributed by atoms with Gasteiger partial charge in [-0.1, -0.05) is 49.4 Å². The molecule has 0 spiro atoms. The number of nitrogens with one attached hydrogen (secondary N) is 1. The molecule has 0 aliphatic rings. The SMILES string of the molecule is CCc1ccc(C(COc2c(C)cccc2C)NC)cc1. The molecule has 0 radical (unpaired) electrons. The maximum Gasteiger partial charge on any atom is 0.125 e. The first-order chi connectivity index (χ1) is 10.2. The van der Waals surface area contributed by atoms with Crippen molar-refractivity contribution in [3.05, 3.63) is 64.7 Å². The van der Waals surface area contributed by atoms with Gasteiger partial charge in [0.05, 0.1) is 6.04 Å². The van der Waals surface area contributed by atoms with Gasteiger partial charge in [-0.3, -0.25) is 0 Å². The molecule has 1 atom stereocenters. The molecular weight excluding hydrogens is 258 g/mol. The Morgan fingerprint density at radius 2 is 1.62 bits per heavy atom. The molecule has 2 aromatic carbocycles. The van der Waals surface area contributed by atoms with Gasteiger partial charge in [0, 0.05) is 0 Å². The Morgan fingerprint density at radius 3 is 2.14 bits per heavy atom. The lowest BCUT2D eigenvalue weighted by molar-refractivity contribution is 0.270. The van der Waals surface area contributed by atoms with Gasteiger partial charge in [0.25, 0.3) is 0 Å². The molecule has 0 saturated heterocycles. The van der Waals surface area contributed by atoms with E-state index in [0.29, 0.717) is 6.61 Å². The molecule has 0 aliphatic carbocycles. The molecule has 2 aromatic rings. The lowest BCUT2D eigenvalue weighted by Gasteiger charge is -2.19. The second-order valence-corrected chi connectivity index (χ2v) is 5.47. The molecule has 0 saturated carbocycles. The van der Waals surface area contributed by atoms with E-state index in [-0.39, 0.29) is 6.04 Å². The van der Waals surface area contributed by atoms with Gasteiger partial charge in [-0.05, 0) is 49.6 Å². The Bertz CT molecular complexity index is 554. The topological polar surface area (TPSA) is 21.3 Å². The minimum absolute atomic E-state index is 0.204. The molecule has 2 rings (SSSR count). The van der Waals surface area contributed by atoms with Crippen LogP contribution in [0.4, 0.5) is 0 Å². The fraction of sp³-hybridized carbons (Fsp3) is 0.368. The zero-order chi connectivity index (χ0) is 15.2. The van der Waals surface area contributed by atoms with E-state index in [1.54, 1.807) is 0 Å². The minimum atomic E-state index is 0.204. The van der Waals surface area contributed by atoms with Crippen molar-refractivity contribution in [2.75, 3.05) is 13.7 Å². The number of rotatable bonds is 6. The molecule has 1 N–H and O–H groups in total. The maximum absolute atomic E-state index is 6.07. The molecule has 21 heavy (non-hydrogen) atoms. The second kappa shape index (κ2) is 7.28. The van der Waals surface area contributed by atoms with Crippen molar-refractivity contribution in [1.82, 2.24) is 5.32 Å². The monoisotopic (exact) mass is 283 g/mol. The van der Waals surface area contributed by atoms with Crippen molar-refractivity contribution >= 4 is 0 Å². The van der Waals surface area contributed by atoms with E-state index >= 15 is 0 Å². The first-order valence-corrected chi connectivity index (χ1v) is 7.60. The van der Waals surface area contributed by atoms with Crippen LogP contribution in [0.5, 0.6) is 5.75 Å². The van der Waals surface area contributed by atoms with Crippen LogP contribution >= 0.6 is 0 Å². The number of ether oxygens (including phenoxy) is 1. The summed E-state index contributed by atoms with van der Waals surface area (Å²) < 4.78 is 6.07. The van der Waals surface area contributed by atoms with E-state index in [9.17, 15) is 0 Å². The van der Waals surface area contributed by atoms with Gasteiger partial charge in [-0.2, -0.15) is 0 Å². The summed E-state index contributed by atoms with van der Waals surface area (Å²) in [5.41, 5.74) is 5.00. The van der Waals surface area contributed by atoms with Gasteiger partial charge in [0.1, 0.15) is 12.4 Å². The van der Waals surface area contributed by atoms with Crippen LogP contribution in [0.1, 0.15) is 35.2 Å². The summed E-state index contributed by atoms with van der Waals surface area (Å²) in [6, 6.07) is 15.2. The standard InChI is InChI=1S/C19H25NO/c1-5-16-9-11-17(12-10-16)18(20-4)13-21-19-14(2)7-6-8-15(19)3/h6-12,18,20H,5,13H2,1-4H3. The van der Waals surface area contributed by atoms with Crippen LogP contribution in [0.3, 0.4) is 0 Å². The first-order valence-electron chi connectivity index (χ1n) is 7.60. The number of likely N-dealkylation sites (N-methyl/N-ethyl adjacent to an activating group) is 1. The van der Waals surface area contributed by atoms with Crippen LogP contribution in [-0.4, -0.2) is 13.7 Å². The van der Waals surface area contributed by atoms with Gasteiger partial charge in [-0.25, -0.2) is 0 Å². The highest BCUT2D eigenvalue weighted by Crippen LogP contribution is 2.24. The summed E-state index contributed by atoms with van der Waals surface area (Å²) in [6.45, 7) is 6.99. The lowest BCUT2D eigenvalue weighted by atomic mass is 10.0. The van der Waals surface area contributed by atoms with Crippen molar-refractivity contribution in [2.45, 2.75) is 33.2 Å². The average Bonchev–Trinajstić information content (AvgIpc) is 2.51. The average molecular weight is 283 g/mol. The normalized spacial score (nSPS) is 12.2. The van der Waals surface area contributed by atoms with Crippen LogP contribution in [0, 0.1) is 13.8 Å². The van der Waals surface area contributed by atoms with Crippen LogP contribution < -0.4 is 10.1 Å². The fourth-order valence-electron chi connectivity index (χ4n) is 2.53. The van der Waals surface area contributed by atoms with Crippen molar-refractivity contribution in [3.8, 4) is 5.75 Å². The summed E-state index contributed by atoms with van der Waals surface area (Å²) in [4.78, 5) is 0. The van der Waals surface area contributed by atoms with Crippen LogP contribution in [0.2, 0.25) is 0 Å². The molecule has 0 aliphatic heterocycles. The number of para-hydroxylation sites is 1. The fourth-order valence-corrected chi connectivity index (χ4v) is 2.53. The molecule has 2 nitrogen and oxygen atoms in total. The van der Waals surface area contributed by atoms with E-state index in [1.165, 1.54) is 22.3 Å². The van der Waals surface area contributed by atoms with Gasteiger partial charge in [0.15, 0.2) is 0 Å². The number of hydrogen-bond acceptors (Lipinski definition) is 2. The Labute approximate surface area is 128 Å². The zero-order valence-corrected chi connectivity index (χ0v) is 13.4. The van der Waals surface area contributed by atoms with E-state index < -0.39 is 0 Å². The largest absolute Gasteiger partial charge is 0.491 e. The third kappa shape index (κ3) is 3.85. The highest BCUT2D eigenvalue weighted by Gasteiger charge is 2.11. The predicted molar refractivity (Wildman–Crippen MR) is 89.0 cm³/mol. The quantitative estimate of drug-likeness (QED) is 0.857. The summed E-state index contributed by atoms with van der Waals surface area (Å²) in [7, 11) is 1.98. The van der Waals surface area contributed by atoms with Gasteiger partial charge in [0.2, 0.25) is 0 Å². The molecule has 0 aromatic heterocycles. The minimum Gasteiger partial charge on any atom is -0.491 e. The van der Waals surface area contributed by atoms with Crippen molar-refractivity contribution < 1.29 is 4.74 Å². The molecule has 0 fully saturated rings. The van der Waals surface area contributed by atoms with Crippen LogP contribution in [0.25, 0.3) is 0 Å². The third-order valence-corrected chi connectivity index (χ3v) is 3.94.